The standard InChI is InChI=1S/C27H34F3N5O4S/c1-26(2,3)39-25(36)33-19-12-31-24(32-13-19)16-35-20(11-17-7-8-17)14-34(40(37,38)27(28,29)30)15-22-21(18-9-10-18)5-4-6-23(22)35/h4-6,12-13,17-18,20H,7-11,14-16H2,1-3H3,(H,33,36). The molecule has 40 heavy (non-hydrogen) atoms. The Hall–Kier alpha value is -2.93. The number of halogens is 3. The van der Waals surface area contributed by atoms with Crippen LogP contribution in [0.1, 0.15) is 75.7 Å². The van der Waals surface area contributed by atoms with Crippen molar-refractivity contribution in [3.8, 4) is 0 Å². The van der Waals surface area contributed by atoms with E-state index in [1.807, 2.05) is 23.1 Å². The number of carbonyl (C=O) groups excluding carboxylic acids is 1. The van der Waals surface area contributed by atoms with Gasteiger partial charge in [-0.05, 0) is 69.1 Å². The summed E-state index contributed by atoms with van der Waals surface area (Å²) in [5.41, 5.74) is -3.50. The molecule has 1 atom stereocenters. The molecule has 1 N–H and O–H groups in total. The fourth-order valence-corrected chi connectivity index (χ4v) is 6.10. The molecule has 1 amide bonds. The van der Waals surface area contributed by atoms with E-state index >= 15 is 0 Å². The smallest absolute Gasteiger partial charge is 0.444 e. The maximum Gasteiger partial charge on any atom is 0.511 e. The number of alkyl halides is 3. The largest absolute Gasteiger partial charge is 0.511 e. The molecule has 0 saturated heterocycles. The molecule has 0 spiro atoms. The van der Waals surface area contributed by atoms with Gasteiger partial charge < -0.3 is 9.64 Å². The second-order valence-electron chi connectivity index (χ2n) is 11.8. The predicted octanol–water partition coefficient (Wildman–Crippen LogP) is 5.54. The Kier molecular flexibility index (Phi) is 7.49. The average molecular weight is 582 g/mol. The maximum atomic E-state index is 13.8. The van der Waals surface area contributed by atoms with Gasteiger partial charge in [0.15, 0.2) is 0 Å². The highest BCUT2D eigenvalue weighted by molar-refractivity contribution is 7.89. The number of carbonyl (C=O) groups is 1. The van der Waals surface area contributed by atoms with Crippen LogP contribution in [0.15, 0.2) is 30.6 Å². The van der Waals surface area contributed by atoms with E-state index in [9.17, 15) is 26.4 Å². The first kappa shape index (κ1) is 28.6. The van der Waals surface area contributed by atoms with Crippen LogP contribution in [0.25, 0.3) is 0 Å². The van der Waals surface area contributed by atoms with Crippen LogP contribution in [0.3, 0.4) is 0 Å². The first-order chi connectivity index (χ1) is 18.7. The van der Waals surface area contributed by atoms with Crippen molar-refractivity contribution in [3.63, 3.8) is 0 Å². The molecule has 1 unspecified atom stereocenters. The summed E-state index contributed by atoms with van der Waals surface area (Å²) in [5, 5.41) is 2.58. The van der Waals surface area contributed by atoms with E-state index in [0.717, 1.165) is 36.9 Å². The summed E-state index contributed by atoms with van der Waals surface area (Å²) >= 11 is 0. The van der Waals surface area contributed by atoms with Crippen LogP contribution >= 0.6 is 0 Å². The van der Waals surface area contributed by atoms with Crippen LogP contribution in [0, 0.1) is 5.92 Å². The second-order valence-corrected chi connectivity index (χ2v) is 13.8. The number of sulfonamides is 1. The summed E-state index contributed by atoms with van der Waals surface area (Å²) in [6.07, 6.45) is 6.58. The number of fused-ring (bicyclic) bond motifs is 1. The molecule has 0 bridgehead atoms. The zero-order valence-corrected chi connectivity index (χ0v) is 23.6. The predicted molar refractivity (Wildman–Crippen MR) is 143 cm³/mol. The van der Waals surface area contributed by atoms with E-state index in [0.29, 0.717) is 33.7 Å². The van der Waals surface area contributed by atoms with E-state index < -0.39 is 33.3 Å². The highest BCUT2D eigenvalue weighted by Crippen LogP contribution is 2.47. The van der Waals surface area contributed by atoms with E-state index in [1.54, 1.807) is 20.8 Å². The van der Waals surface area contributed by atoms with Gasteiger partial charge >= 0.3 is 21.6 Å². The fourth-order valence-electron chi connectivity index (χ4n) is 5.14. The molecule has 1 aromatic carbocycles. The van der Waals surface area contributed by atoms with Gasteiger partial charge in [0.25, 0.3) is 0 Å². The van der Waals surface area contributed by atoms with Gasteiger partial charge in [0.05, 0.1) is 24.6 Å². The van der Waals surface area contributed by atoms with Crippen molar-refractivity contribution in [1.29, 1.82) is 0 Å². The number of aromatic nitrogens is 2. The minimum absolute atomic E-state index is 0.172. The number of rotatable bonds is 7. The van der Waals surface area contributed by atoms with Gasteiger partial charge in [-0.25, -0.2) is 23.2 Å². The Bertz CT molecular complexity index is 1350. The molecular weight excluding hydrogens is 547 g/mol. The number of hydrogen-bond donors (Lipinski definition) is 1. The maximum absolute atomic E-state index is 13.8. The minimum Gasteiger partial charge on any atom is -0.444 e. The molecule has 0 radical (unpaired) electrons. The molecule has 2 saturated carbocycles. The zero-order valence-electron chi connectivity index (χ0n) is 22.7. The summed E-state index contributed by atoms with van der Waals surface area (Å²) in [7, 11) is -5.54. The number of ether oxygens (including phenoxy) is 1. The molecule has 2 heterocycles. The molecule has 218 valence electrons. The van der Waals surface area contributed by atoms with Gasteiger partial charge in [-0.1, -0.05) is 25.0 Å². The SMILES string of the molecule is CC(C)(C)OC(=O)Nc1cnc(CN2c3cccc(C4CC4)c3CN(S(=O)(=O)C(F)(F)F)CC2CC2CC2)nc1. The van der Waals surface area contributed by atoms with E-state index in [2.05, 4.69) is 15.3 Å². The molecular formula is C27H34F3N5O4S. The summed E-state index contributed by atoms with van der Waals surface area (Å²) < 4.78 is 72.6. The number of nitrogens with one attached hydrogen (secondary N) is 1. The van der Waals surface area contributed by atoms with Gasteiger partial charge in [0, 0.05) is 24.8 Å². The van der Waals surface area contributed by atoms with Crippen LogP contribution in [-0.4, -0.2) is 52.5 Å². The third-order valence-corrected chi connectivity index (χ3v) is 8.84. The van der Waals surface area contributed by atoms with Crippen LogP contribution in [0.5, 0.6) is 0 Å². The van der Waals surface area contributed by atoms with E-state index in [-0.39, 0.29) is 25.6 Å². The molecule has 2 fully saturated rings. The quantitative estimate of drug-likeness (QED) is 0.458. The van der Waals surface area contributed by atoms with Crippen molar-refractivity contribution < 1.29 is 31.1 Å². The number of benzene rings is 1. The van der Waals surface area contributed by atoms with Crippen LogP contribution in [-0.2, 0) is 27.8 Å². The normalized spacial score (nSPS) is 20.6. The number of hydrogen-bond acceptors (Lipinski definition) is 7. The monoisotopic (exact) mass is 581 g/mol. The molecule has 5 rings (SSSR count). The Labute approximate surface area is 232 Å². The molecule has 2 aromatic rings. The molecule has 3 aliphatic rings. The minimum atomic E-state index is -5.54. The number of nitrogens with zero attached hydrogens (tertiary/aromatic N) is 4. The highest BCUT2D eigenvalue weighted by atomic mass is 32.2. The third kappa shape index (κ3) is 6.51. The molecule has 1 aliphatic heterocycles. The van der Waals surface area contributed by atoms with Gasteiger partial charge in [-0.15, -0.1) is 0 Å². The summed E-state index contributed by atoms with van der Waals surface area (Å²) in [6, 6.07) is 5.13. The Morgan fingerprint density at radius 2 is 1.77 bits per heavy atom. The summed E-state index contributed by atoms with van der Waals surface area (Å²) in [6.45, 7) is 4.80. The number of amides is 1. The molecule has 1 aromatic heterocycles. The van der Waals surface area contributed by atoms with Crippen molar-refractivity contribution in [2.75, 3.05) is 16.8 Å². The lowest BCUT2D eigenvalue weighted by atomic mass is 10.00. The van der Waals surface area contributed by atoms with Gasteiger partial charge in [-0.2, -0.15) is 17.5 Å². The lowest BCUT2D eigenvalue weighted by molar-refractivity contribution is -0.0492. The van der Waals surface area contributed by atoms with Gasteiger partial charge in [0.2, 0.25) is 0 Å². The Morgan fingerprint density at radius 1 is 1.10 bits per heavy atom. The van der Waals surface area contributed by atoms with E-state index in [1.165, 1.54) is 12.4 Å². The topological polar surface area (TPSA) is 105 Å². The van der Waals surface area contributed by atoms with Gasteiger partial charge in [0.1, 0.15) is 11.4 Å². The second kappa shape index (κ2) is 10.5. The summed E-state index contributed by atoms with van der Waals surface area (Å²) in [5.74, 6) is 0.935. The third-order valence-electron chi connectivity index (χ3n) is 7.30. The number of anilines is 2. The first-order valence-electron chi connectivity index (χ1n) is 13.5. The van der Waals surface area contributed by atoms with Crippen molar-refractivity contribution in [2.45, 2.75) is 89.0 Å². The Morgan fingerprint density at radius 3 is 2.35 bits per heavy atom. The van der Waals surface area contributed by atoms with E-state index in [4.69, 9.17) is 4.74 Å². The lowest BCUT2D eigenvalue weighted by Gasteiger charge is -2.34. The van der Waals surface area contributed by atoms with Crippen LogP contribution < -0.4 is 10.2 Å². The summed E-state index contributed by atoms with van der Waals surface area (Å²) in [4.78, 5) is 22.9. The van der Waals surface area contributed by atoms with Gasteiger partial charge in [-0.3, -0.25) is 5.32 Å². The Balaban J connectivity index is 1.47. The lowest BCUT2D eigenvalue weighted by Crippen LogP contribution is -2.47. The first-order valence-corrected chi connectivity index (χ1v) is 14.9. The van der Waals surface area contributed by atoms with Crippen molar-refractivity contribution in [1.82, 2.24) is 14.3 Å². The van der Waals surface area contributed by atoms with Crippen molar-refractivity contribution in [3.05, 3.63) is 47.5 Å². The molecule has 13 heteroatoms. The van der Waals surface area contributed by atoms with Crippen molar-refractivity contribution >= 4 is 27.5 Å². The zero-order chi connectivity index (χ0) is 28.9. The molecule has 9 nitrogen and oxygen atoms in total. The average Bonchev–Trinajstić information content (AvgIpc) is 3.75. The fraction of sp³-hybridized carbons (Fsp3) is 0.593. The van der Waals surface area contributed by atoms with Crippen molar-refractivity contribution in [2.24, 2.45) is 5.92 Å². The van der Waals surface area contributed by atoms with Crippen LogP contribution in [0.2, 0.25) is 0 Å². The highest BCUT2D eigenvalue weighted by Gasteiger charge is 2.52. The van der Waals surface area contributed by atoms with Crippen LogP contribution in [0.4, 0.5) is 29.3 Å². The molecule has 2 aliphatic carbocycles.